The van der Waals surface area contributed by atoms with Gasteiger partial charge in [0, 0.05) is 7.11 Å². The predicted octanol–water partition coefficient (Wildman–Crippen LogP) is 4.26. The third-order valence-electron chi connectivity index (χ3n) is 7.23. The molecule has 0 aliphatic heterocycles. The Kier molecular flexibility index (Phi) is 2.32. The normalized spacial score (nSPS) is 55.9. The molecule has 0 aromatic heterocycles. The van der Waals surface area contributed by atoms with E-state index in [4.69, 9.17) is 4.74 Å². The Hall–Kier alpha value is -0.0400. The molecule has 3 rings (SSSR count). The summed E-state index contributed by atoms with van der Waals surface area (Å²) in [4.78, 5) is 0. The molecule has 0 N–H and O–H groups in total. The molecule has 1 heteroatoms. The first-order chi connectivity index (χ1) is 7.87. The molecule has 0 aromatic carbocycles. The first kappa shape index (κ1) is 12.0. The first-order valence-corrected chi connectivity index (χ1v) is 7.42. The van der Waals surface area contributed by atoms with Crippen LogP contribution in [0.25, 0.3) is 0 Å². The van der Waals surface area contributed by atoms with Gasteiger partial charge in [0.2, 0.25) is 0 Å². The third-order valence-corrected chi connectivity index (χ3v) is 7.23. The maximum absolute atomic E-state index is 5.94. The lowest BCUT2D eigenvalue weighted by molar-refractivity contribution is -0.100. The zero-order valence-electron chi connectivity index (χ0n) is 12.2. The topological polar surface area (TPSA) is 9.23 Å². The van der Waals surface area contributed by atoms with Gasteiger partial charge in [-0.15, -0.1) is 0 Å². The maximum Gasteiger partial charge on any atom is 0.0684 e. The van der Waals surface area contributed by atoms with Crippen molar-refractivity contribution in [1.82, 2.24) is 0 Å². The zero-order valence-corrected chi connectivity index (χ0v) is 12.2. The molecule has 0 amide bonds. The van der Waals surface area contributed by atoms with Crippen molar-refractivity contribution in [2.75, 3.05) is 7.11 Å². The summed E-state index contributed by atoms with van der Waals surface area (Å²) in [5.74, 6) is 2.66. The van der Waals surface area contributed by atoms with Gasteiger partial charge in [-0.3, -0.25) is 0 Å². The van der Waals surface area contributed by atoms with E-state index >= 15 is 0 Å². The molecule has 0 radical (unpaired) electrons. The van der Waals surface area contributed by atoms with Gasteiger partial charge in [-0.05, 0) is 67.6 Å². The fourth-order valence-electron chi connectivity index (χ4n) is 6.10. The van der Waals surface area contributed by atoms with E-state index in [0.29, 0.717) is 10.8 Å². The van der Waals surface area contributed by atoms with E-state index in [1.54, 1.807) is 0 Å². The van der Waals surface area contributed by atoms with Crippen LogP contribution in [0.4, 0.5) is 0 Å². The van der Waals surface area contributed by atoms with Gasteiger partial charge in [0.05, 0.1) is 5.60 Å². The number of rotatable bonds is 1. The number of hydrogen-bond donors (Lipinski definition) is 0. The van der Waals surface area contributed by atoms with Crippen molar-refractivity contribution in [3.8, 4) is 0 Å². The smallest absolute Gasteiger partial charge is 0.0684 e. The average Bonchev–Trinajstić information content (AvgIpc) is 2.70. The number of methoxy groups -OCH3 is 1. The second-order valence-electron chi connectivity index (χ2n) is 7.86. The summed E-state index contributed by atoms with van der Waals surface area (Å²) in [6.07, 6.45) is 7.03. The van der Waals surface area contributed by atoms with Gasteiger partial charge in [0.1, 0.15) is 0 Å². The van der Waals surface area contributed by atoms with Crippen LogP contribution in [-0.4, -0.2) is 12.7 Å². The van der Waals surface area contributed by atoms with E-state index < -0.39 is 0 Å². The van der Waals surface area contributed by atoms with E-state index in [1.807, 2.05) is 7.11 Å². The molecule has 5 atom stereocenters. The van der Waals surface area contributed by atoms with E-state index in [9.17, 15) is 0 Å². The molecule has 1 spiro atoms. The van der Waals surface area contributed by atoms with Gasteiger partial charge in [-0.2, -0.15) is 0 Å². The lowest BCUT2D eigenvalue weighted by Gasteiger charge is -2.46. The van der Waals surface area contributed by atoms with Crippen LogP contribution < -0.4 is 0 Å². The summed E-state index contributed by atoms with van der Waals surface area (Å²) in [6.45, 7) is 9.90. The number of fused-ring (bicyclic) bond motifs is 1. The van der Waals surface area contributed by atoms with Crippen molar-refractivity contribution < 1.29 is 4.74 Å². The molecule has 1 nitrogen and oxygen atoms in total. The quantitative estimate of drug-likeness (QED) is 0.661. The molecule has 17 heavy (non-hydrogen) atoms. The molecule has 3 fully saturated rings. The summed E-state index contributed by atoms with van der Waals surface area (Å²) in [5.41, 5.74) is 1.29. The zero-order chi connectivity index (χ0) is 12.5. The largest absolute Gasteiger partial charge is 0.378 e. The molecule has 3 aliphatic carbocycles. The van der Waals surface area contributed by atoms with Crippen molar-refractivity contribution in [3.05, 3.63) is 0 Å². The summed E-state index contributed by atoms with van der Waals surface area (Å²) < 4.78 is 5.94. The summed E-state index contributed by atoms with van der Waals surface area (Å²) >= 11 is 0. The first-order valence-electron chi connectivity index (χ1n) is 7.42. The lowest BCUT2D eigenvalue weighted by Crippen LogP contribution is -2.45. The molecule has 3 saturated carbocycles. The second-order valence-corrected chi connectivity index (χ2v) is 7.86. The molecule has 0 aromatic rings. The standard InChI is InChI=1S/C16H28O/c1-11-6-7-12-14(2,3)13-10-16(11,12)9-8-15(13,4)17-5/h11-13H,6-10H2,1-5H3/t11?,12-,13?,15?,16?/m0/s1. The molecule has 98 valence electrons. The van der Waals surface area contributed by atoms with Gasteiger partial charge in [0.25, 0.3) is 0 Å². The number of hydrogen-bond acceptors (Lipinski definition) is 1. The van der Waals surface area contributed by atoms with Crippen molar-refractivity contribution >= 4 is 0 Å². The Labute approximate surface area is 106 Å². The van der Waals surface area contributed by atoms with Crippen LogP contribution in [0.1, 0.15) is 59.8 Å². The molecular formula is C16H28O. The summed E-state index contributed by atoms with van der Waals surface area (Å²) in [6, 6.07) is 0. The molecule has 4 unspecified atom stereocenters. The molecule has 2 bridgehead atoms. The Morgan fingerprint density at radius 2 is 1.71 bits per heavy atom. The summed E-state index contributed by atoms with van der Waals surface area (Å²) in [7, 11) is 1.92. The highest BCUT2D eigenvalue weighted by Gasteiger charge is 2.68. The van der Waals surface area contributed by atoms with Crippen LogP contribution in [-0.2, 0) is 4.74 Å². The highest BCUT2D eigenvalue weighted by atomic mass is 16.5. The summed E-state index contributed by atoms with van der Waals surface area (Å²) in [5, 5.41) is 0. The van der Waals surface area contributed by atoms with Crippen molar-refractivity contribution in [3.63, 3.8) is 0 Å². The SMILES string of the molecule is COC1(C)CCC23CC1C(C)(C)[C@@H]2CCC3C. The van der Waals surface area contributed by atoms with E-state index in [2.05, 4.69) is 27.7 Å². The number of ether oxygens (including phenoxy) is 1. The fraction of sp³-hybridized carbons (Fsp3) is 1.00. The lowest BCUT2D eigenvalue weighted by atomic mass is 9.64. The van der Waals surface area contributed by atoms with E-state index in [-0.39, 0.29) is 5.60 Å². The second kappa shape index (κ2) is 3.29. The molecular weight excluding hydrogens is 208 g/mol. The molecule has 0 saturated heterocycles. The molecule has 3 aliphatic rings. The van der Waals surface area contributed by atoms with E-state index in [0.717, 1.165) is 17.8 Å². The Balaban J connectivity index is 2.04. The molecule has 0 heterocycles. The van der Waals surface area contributed by atoms with Crippen LogP contribution >= 0.6 is 0 Å². The van der Waals surface area contributed by atoms with Gasteiger partial charge >= 0.3 is 0 Å². The van der Waals surface area contributed by atoms with Gasteiger partial charge < -0.3 is 4.74 Å². The van der Waals surface area contributed by atoms with Crippen LogP contribution in [0.2, 0.25) is 0 Å². The fourth-order valence-corrected chi connectivity index (χ4v) is 6.10. The monoisotopic (exact) mass is 236 g/mol. The van der Waals surface area contributed by atoms with E-state index in [1.165, 1.54) is 32.1 Å². The third kappa shape index (κ3) is 1.25. The van der Waals surface area contributed by atoms with Crippen LogP contribution in [0.15, 0.2) is 0 Å². The van der Waals surface area contributed by atoms with Crippen LogP contribution in [0, 0.1) is 28.6 Å². The minimum atomic E-state index is 0.138. The van der Waals surface area contributed by atoms with Gasteiger partial charge in [0.15, 0.2) is 0 Å². The maximum atomic E-state index is 5.94. The van der Waals surface area contributed by atoms with Gasteiger partial charge in [-0.1, -0.05) is 20.8 Å². The van der Waals surface area contributed by atoms with Crippen molar-refractivity contribution in [1.29, 1.82) is 0 Å². The minimum Gasteiger partial charge on any atom is -0.378 e. The average molecular weight is 236 g/mol. The minimum absolute atomic E-state index is 0.138. The Bertz CT molecular complexity index is 334. The highest BCUT2D eigenvalue weighted by molar-refractivity contribution is 5.17. The Morgan fingerprint density at radius 1 is 1.00 bits per heavy atom. The Morgan fingerprint density at radius 3 is 2.35 bits per heavy atom. The van der Waals surface area contributed by atoms with Crippen LogP contribution in [0.3, 0.4) is 0 Å². The predicted molar refractivity (Wildman–Crippen MR) is 70.9 cm³/mol. The van der Waals surface area contributed by atoms with Crippen LogP contribution in [0.5, 0.6) is 0 Å². The van der Waals surface area contributed by atoms with Crippen molar-refractivity contribution in [2.24, 2.45) is 28.6 Å². The highest BCUT2D eigenvalue weighted by Crippen LogP contribution is 2.73. The van der Waals surface area contributed by atoms with Gasteiger partial charge in [-0.25, -0.2) is 0 Å². The van der Waals surface area contributed by atoms with Crippen molar-refractivity contribution in [2.45, 2.75) is 65.4 Å².